The molecular weight excluding hydrogens is 326 g/mol. The van der Waals surface area contributed by atoms with E-state index >= 15 is 0 Å². The van der Waals surface area contributed by atoms with Gasteiger partial charge in [-0.05, 0) is 30.2 Å². The first-order chi connectivity index (χ1) is 12.7. The number of ether oxygens (including phenoxy) is 1. The van der Waals surface area contributed by atoms with E-state index in [2.05, 4.69) is 33.2 Å². The van der Waals surface area contributed by atoms with E-state index < -0.39 is 0 Å². The monoisotopic (exact) mass is 347 g/mol. The molecule has 26 heavy (non-hydrogen) atoms. The Morgan fingerprint density at radius 2 is 1.85 bits per heavy atom. The van der Waals surface area contributed by atoms with Crippen molar-refractivity contribution in [3.8, 4) is 11.8 Å². The number of benzene rings is 1. The molecule has 1 aliphatic rings. The SMILES string of the molecule is C=C(C#Cc1ccccc1)N1CCN(c2ncccc2C(=O)OC)CC1. The van der Waals surface area contributed by atoms with Crippen LogP contribution in [0.4, 0.5) is 5.82 Å². The first-order valence-corrected chi connectivity index (χ1v) is 8.48. The van der Waals surface area contributed by atoms with Crippen molar-refractivity contribution in [3.05, 3.63) is 72.1 Å². The molecular formula is C21H21N3O2. The summed E-state index contributed by atoms with van der Waals surface area (Å²) in [4.78, 5) is 20.6. The zero-order valence-electron chi connectivity index (χ0n) is 14.8. The highest BCUT2D eigenvalue weighted by Gasteiger charge is 2.23. The van der Waals surface area contributed by atoms with Crippen LogP contribution in [0.25, 0.3) is 0 Å². The number of rotatable bonds is 3. The second-order valence-corrected chi connectivity index (χ2v) is 5.90. The third-order valence-electron chi connectivity index (χ3n) is 4.28. The molecule has 2 heterocycles. The molecule has 1 aromatic carbocycles. The van der Waals surface area contributed by atoms with E-state index in [4.69, 9.17) is 4.74 Å². The van der Waals surface area contributed by atoms with E-state index in [-0.39, 0.29) is 5.97 Å². The lowest BCUT2D eigenvalue weighted by molar-refractivity contribution is 0.0601. The number of hydrogen-bond acceptors (Lipinski definition) is 5. The van der Waals surface area contributed by atoms with Crippen LogP contribution >= 0.6 is 0 Å². The van der Waals surface area contributed by atoms with Gasteiger partial charge in [0.15, 0.2) is 0 Å². The molecule has 0 spiro atoms. The van der Waals surface area contributed by atoms with Gasteiger partial charge in [-0.3, -0.25) is 0 Å². The zero-order valence-corrected chi connectivity index (χ0v) is 14.8. The summed E-state index contributed by atoms with van der Waals surface area (Å²) in [7, 11) is 1.38. The van der Waals surface area contributed by atoms with E-state index in [1.807, 2.05) is 30.3 Å². The molecule has 0 N–H and O–H groups in total. The van der Waals surface area contributed by atoms with Gasteiger partial charge in [-0.2, -0.15) is 0 Å². The minimum atomic E-state index is -0.367. The molecule has 0 bridgehead atoms. The minimum Gasteiger partial charge on any atom is -0.465 e. The van der Waals surface area contributed by atoms with Crippen molar-refractivity contribution < 1.29 is 9.53 Å². The topological polar surface area (TPSA) is 45.7 Å². The summed E-state index contributed by atoms with van der Waals surface area (Å²) in [6.45, 7) is 7.14. The molecule has 5 nitrogen and oxygen atoms in total. The number of allylic oxidation sites excluding steroid dienone is 1. The van der Waals surface area contributed by atoms with E-state index in [1.165, 1.54) is 7.11 Å². The summed E-state index contributed by atoms with van der Waals surface area (Å²) < 4.78 is 4.85. The molecule has 1 fully saturated rings. The maximum atomic E-state index is 11.9. The lowest BCUT2D eigenvalue weighted by Crippen LogP contribution is -2.46. The third-order valence-corrected chi connectivity index (χ3v) is 4.28. The van der Waals surface area contributed by atoms with Crippen LogP contribution in [0.3, 0.4) is 0 Å². The van der Waals surface area contributed by atoms with Gasteiger partial charge in [0.25, 0.3) is 0 Å². The Kier molecular flexibility index (Phi) is 5.55. The number of carbonyl (C=O) groups excluding carboxylic acids is 1. The molecule has 3 rings (SSSR count). The molecule has 132 valence electrons. The fourth-order valence-electron chi connectivity index (χ4n) is 2.85. The first-order valence-electron chi connectivity index (χ1n) is 8.48. The van der Waals surface area contributed by atoms with Crippen molar-refractivity contribution >= 4 is 11.8 Å². The molecule has 0 aliphatic carbocycles. The van der Waals surface area contributed by atoms with Crippen LogP contribution < -0.4 is 4.90 Å². The average molecular weight is 347 g/mol. The molecule has 1 aromatic heterocycles. The van der Waals surface area contributed by atoms with Crippen LogP contribution in [0.5, 0.6) is 0 Å². The van der Waals surface area contributed by atoms with Gasteiger partial charge in [-0.25, -0.2) is 9.78 Å². The summed E-state index contributed by atoms with van der Waals surface area (Å²) in [5.41, 5.74) is 2.28. The Balaban J connectivity index is 1.64. The van der Waals surface area contributed by atoms with Crippen molar-refractivity contribution in [2.24, 2.45) is 0 Å². The van der Waals surface area contributed by atoms with Crippen LogP contribution in [0.1, 0.15) is 15.9 Å². The molecule has 1 saturated heterocycles. The predicted octanol–water partition coefficient (Wildman–Crippen LogP) is 2.56. The standard InChI is InChI=1S/C21H21N3O2/c1-17(10-11-18-7-4-3-5-8-18)23-13-15-24(16-14-23)20-19(21(25)26-2)9-6-12-22-20/h3-9,12H,1,13-16H2,2H3. The van der Waals surface area contributed by atoms with Gasteiger partial charge >= 0.3 is 5.97 Å². The number of pyridine rings is 1. The fourth-order valence-corrected chi connectivity index (χ4v) is 2.85. The number of nitrogens with zero attached hydrogens (tertiary/aromatic N) is 3. The number of hydrogen-bond donors (Lipinski definition) is 0. The molecule has 0 saturated carbocycles. The van der Waals surface area contributed by atoms with Crippen molar-refractivity contribution in [3.63, 3.8) is 0 Å². The van der Waals surface area contributed by atoms with Gasteiger partial charge in [0, 0.05) is 37.9 Å². The second kappa shape index (κ2) is 8.21. The Bertz CT molecular complexity index is 844. The molecule has 0 radical (unpaired) electrons. The third kappa shape index (κ3) is 4.04. The smallest absolute Gasteiger partial charge is 0.341 e. The molecule has 0 unspecified atom stereocenters. The fraction of sp³-hybridized carbons (Fsp3) is 0.238. The maximum Gasteiger partial charge on any atom is 0.341 e. The maximum absolute atomic E-state index is 11.9. The second-order valence-electron chi connectivity index (χ2n) is 5.90. The summed E-state index contributed by atoms with van der Waals surface area (Å²) in [5, 5.41) is 0. The number of anilines is 1. The molecule has 0 amide bonds. The predicted molar refractivity (Wildman–Crippen MR) is 102 cm³/mol. The Morgan fingerprint density at radius 1 is 1.12 bits per heavy atom. The van der Waals surface area contributed by atoms with Gasteiger partial charge in [-0.1, -0.05) is 30.7 Å². The minimum absolute atomic E-state index is 0.367. The summed E-state index contributed by atoms with van der Waals surface area (Å²) in [5.74, 6) is 6.57. The van der Waals surface area contributed by atoms with Crippen LogP contribution in [0.2, 0.25) is 0 Å². The lowest BCUT2D eigenvalue weighted by Gasteiger charge is -2.36. The first kappa shape index (κ1) is 17.6. The van der Waals surface area contributed by atoms with Crippen LogP contribution in [0.15, 0.2) is 60.9 Å². The molecule has 2 aromatic rings. The highest BCUT2D eigenvalue weighted by molar-refractivity contribution is 5.94. The van der Waals surface area contributed by atoms with Gasteiger partial charge < -0.3 is 14.5 Å². The van der Waals surface area contributed by atoms with Crippen molar-refractivity contribution in [1.29, 1.82) is 0 Å². The highest BCUT2D eigenvalue weighted by Crippen LogP contribution is 2.20. The zero-order chi connectivity index (χ0) is 18.4. The van der Waals surface area contributed by atoms with E-state index in [9.17, 15) is 4.79 Å². The van der Waals surface area contributed by atoms with Gasteiger partial charge in [-0.15, -0.1) is 0 Å². The van der Waals surface area contributed by atoms with E-state index in [0.29, 0.717) is 11.4 Å². The normalized spacial score (nSPS) is 13.6. The van der Waals surface area contributed by atoms with E-state index in [1.54, 1.807) is 18.3 Å². The lowest BCUT2D eigenvalue weighted by atomic mass is 10.2. The summed E-state index contributed by atoms with van der Waals surface area (Å²) >= 11 is 0. The quantitative estimate of drug-likeness (QED) is 0.631. The van der Waals surface area contributed by atoms with Crippen molar-refractivity contribution in [2.75, 3.05) is 38.2 Å². The summed E-state index contributed by atoms with van der Waals surface area (Å²) in [6, 6.07) is 13.4. The van der Waals surface area contributed by atoms with Crippen LogP contribution in [-0.4, -0.2) is 49.1 Å². The average Bonchev–Trinajstić information content (AvgIpc) is 2.72. The number of esters is 1. The van der Waals surface area contributed by atoms with Crippen molar-refractivity contribution in [2.45, 2.75) is 0 Å². The number of aromatic nitrogens is 1. The number of piperazine rings is 1. The Labute approximate surface area is 153 Å². The number of carbonyl (C=O) groups is 1. The Hall–Kier alpha value is -3.26. The Morgan fingerprint density at radius 3 is 2.54 bits per heavy atom. The van der Waals surface area contributed by atoms with Crippen LogP contribution in [0, 0.1) is 11.8 Å². The highest BCUT2D eigenvalue weighted by atomic mass is 16.5. The number of methoxy groups -OCH3 is 1. The van der Waals surface area contributed by atoms with Crippen molar-refractivity contribution in [1.82, 2.24) is 9.88 Å². The summed E-state index contributed by atoms with van der Waals surface area (Å²) in [6.07, 6.45) is 1.69. The molecule has 0 atom stereocenters. The molecule has 1 aliphatic heterocycles. The van der Waals surface area contributed by atoms with Crippen LogP contribution in [-0.2, 0) is 4.74 Å². The van der Waals surface area contributed by atoms with Gasteiger partial charge in [0.1, 0.15) is 11.4 Å². The molecule has 5 heteroatoms. The van der Waals surface area contributed by atoms with E-state index in [0.717, 1.165) is 37.4 Å². The largest absolute Gasteiger partial charge is 0.465 e. The van der Waals surface area contributed by atoms with Gasteiger partial charge in [0.2, 0.25) is 0 Å². The van der Waals surface area contributed by atoms with Gasteiger partial charge in [0.05, 0.1) is 12.8 Å².